The summed E-state index contributed by atoms with van der Waals surface area (Å²) in [6.07, 6.45) is 0. The molecule has 0 aliphatic rings. The van der Waals surface area contributed by atoms with Crippen molar-refractivity contribution in [1.82, 2.24) is 0 Å². The van der Waals surface area contributed by atoms with Crippen LogP contribution in [0, 0.1) is 0 Å². The van der Waals surface area contributed by atoms with Crippen molar-refractivity contribution in [2.24, 2.45) is 0 Å². The van der Waals surface area contributed by atoms with Gasteiger partial charge in [-0.1, -0.05) is 0 Å². The zero-order chi connectivity index (χ0) is 11.3. The number of carbonyl (C=O) groups is 2. The van der Waals surface area contributed by atoms with Crippen molar-refractivity contribution in [3.63, 3.8) is 0 Å². The maximum absolute atomic E-state index is 11.2. The van der Waals surface area contributed by atoms with Crippen LogP contribution in [0.15, 0.2) is 24.3 Å². The Bertz CT molecular complexity index is 355. The summed E-state index contributed by atoms with van der Waals surface area (Å²) >= 11 is 0. The van der Waals surface area contributed by atoms with Gasteiger partial charge in [0.25, 0.3) is 0 Å². The van der Waals surface area contributed by atoms with E-state index >= 15 is 0 Å². The average molecular weight is 210 g/mol. The normalized spacial score (nSPS) is 9.40. The van der Waals surface area contributed by atoms with E-state index in [1.807, 2.05) is 0 Å². The first-order valence-corrected chi connectivity index (χ1v) is 4.16. The molecule has 15 heavy (non-hydrogen) atoms. The van der Waals surface area contributed by atoms with Crippen LogP contribution in [0.4, 0.5) is 0 Å². The second-order valence-corrected chi connectivity index (χ2v) is 2.70. The molecule has 0 saturated carbocycles. The van der Waals surface area contributed by atoms with Crippen LogP contribution in [0.3, 0.4) is 0 Å². The molecule has 1 rings (SSSR count). The number of carbonyl (C=O) groups excluding carboxylic acids is 1. The van der Waals surface area contributed by atoms with E-state index in [4.69, 9.17) is 9.84 Å². The Kier molecular flexibility index (Phi) is 3.68. The Balaban J connectivity index is 2.62. The highest BCUT2D eigenvalue weighted by atomic mass is 16.5. The quantitative estimate of drug-likeness (QED) is 0.748. The summed E-state index contributed by atoms with van der Waals surface area (Å²) in [6.45, 7) is -0.634. The Morgan fingerprint density at radius 2 is 1.87 bits per heavy atom. The molecule has 0 radical (unpaired) electrons. The predicted molar refractivity (Wildman–Crippen MR) is 50.9 cm³/mol. The second kappa shape index (κ2) is 4.99. The summed E-state index contributed by atoms with van der Waals surface area (Å²) in [6, 6.07) is 6.20. The third-order valence-electron chi connectivity index (χ3n) is 1.65. The molecule has 0 unspecified atom stereocenters. The highest BCUT2D eigenvalue weighted by molar-refractivity contribution is 5.90. The monoisotopic (exact) mass is 210 g/mol. The average Bonchev–Trinajstić information content (AvgIpc) is 2.26. The molecule has 5 heteroatoms. The number of esters is 1. The molecule has 0 spiro atoms. The minimum atomic E-state index is -1.18. The van der Waals surface area contributed by atoms with Crippen molar-refractivity contribution in [3.05, 3.63) is 29.8 Å². The van der Waals surface area contributed by atoms with Gasteiger partial charge in [0.1, 0.15) is 5.75 Å². The lowest BCUT2D eigenvalue weighted by atomic mass is 10.2. The summed E-state index contributed by atoms with van der Waals surface area (Å²) in [5, 5.41) is 8.29. The van der Waals surface area contributed by atoms with E-state index < -0.39 is 18.5 Å². The number of carboxylic acids is 1. The van der Waals surface area contributed by atoms with E-state index in [2.05, 4.69) is 4.74 Å². The number of carboxylic acid groups (broad SMARTS) is 1. The van der Waals surface area contributed by atoms with Gasteiger partial charge in [0.2, 0.25) is 0 Å². The zero-order valence-electron chi connectivity index (χ0n) is 8.10. The molecule has 5 nitrogen and oxygen atoms in total. The highest BCUT2D eigenvalue weighted by Crippen LogP contribution is 2.11. The molecule has 0 aliphatic heterocycles. The van der Waals surface area contributed by atoms with E-state index in [-0.39, 0.29) is 5.56 Å². The standard InChI is InChI=1S/C10H10O5/c1-14-8-4-2-7(3-5-8)10(13)15-6-9(11)12/h2-5H,6H2,1H3,(H,11,12). The molecule has 0 amide bonds. The third kappa shape index (κ3) is 3.30. The Morgan fingerprint density at radius 1 is 1.27 bits per heavy atom. The molecule has 1 aromatic rings. The molecule has 0 saturated heterocycles. The van der Waals surface area contributed by atoms with E-state index in [1.54, 1.807) is 12.1 Å². The minimum Gasteiger partial charge on any atom is -0.497 e. The molecule has 80 valence electrons. The van der Waals surface area contributed by atoms with Crippen molar-refractivity contribution in [2.75, 3.05) is 13.7 Å². The second-order valence-electron chi connectivity index (χ2n) is 2.70. The Morgan fingerprint density at radius 3 is 2.33 bits per heavy atom. The van der Waals surface area contributed by atoms with Crippen LogP contribution >= 0.6 is 0 Å². The molecule has 0 heterocycles. The van der Waals surface area contributed by atoms with Gasteiger partial charge in [-0.15, -0.1) is 0 Å². The number of rotatable bonds is 4. The van der Waals surface area contributed by atoms with Crippen LogP contribution in [0.25, 0.3) is 0 Å². The number of aliphatic carboxylic acids is 1. The maximum Gasteiger partial charge on any atom is 0.341 e. The van der Waals surface area contributed by atoms with E-state index in [1.165, 1.54) is 19.2 Å². The first-order chi connectivity index (χ1) is 7.13. The van der Waals surface area contributed by atoms with Gasteiger partial charge in [0, 0.05) is 0 Å². The van der Waals surface area contributed by atoms with Gasteiger partial charge in [-0.25, -0.2) is 9.59 Å². The maximum atomic E-state index is 11.2. The molecular weight excluding hydrogens is 200 g/mol. The Labute approximate surface area is 86.2 Å². The fourth-order valence-electron chi connectivity index (χ4n) is 0.938. The van der Waals surface area contributed by atoms with E-state index in [0.29, 0.717) is 5.75 Å². The van der Waals surface area contributed by atoms with Crippen molar-refractivity contribution in [3.8, 4) is 5.75 Å². The fourth-order valence-corrected chi connectivity index (χ4v) is 0.938. The lowest BCUT2D eigenvalue weighted by Gasteiger charge is -2.02. The molecule has 0 atom stereocenters. The van der Waals surface area contributed by atoms with Crippen LogP contribution < -0.4 is 4.74 Å². The van der Waals surface area contributed by atoms with E-state index in [0.717, 1.165) is 0 Å². The molecule has 1 aromatic carbocycles. The number of ether oxygens (including phenoxy) is 2. The summed E-state index contributed by atoms with van der Waals surface area (Å²) in [5.74, 6) is -1.23. The van der Waals surface area contributed by atoms with Gasteiger partial charge >= 0.3 is 11.9 Å². The topological polar surface area (TPSA) is 72.8 Å². The summed E-state index contributed by atoms with van der Waals surface area (Å²) in [5.41, 5.74) is 0.289. The molecule has 0 aliphatic carbocycles. The van der Waals surface area contributed by atoms with Crippen LogP contribution in [-0.2, 0) is 9.53 Å². The molecule has 1 N–H and O–H groups in total. The van der Waals surface area contributed by atoms with Gasteiger partial charge < -0.3 is 14.6 Å². The van der Waals surface area contributed by atoms with Gasteiger partial charge in [-0.3, -0.25) is 0 Å². The molecule has 0 fully saturated rings. The van der Waals surface area contributed by atoms with Gasteiger partial charge in [-0.2, -0.15) is 0 Å². The zero-order valence-corrected chi connectivity index (χ0v) is 8.10. The lowest BCUT2D eigenvalue weighted by Crippen LogP contribution is -2.12. The smallest absolute Gasteiger partial charge is 0.341 e. The summed E-state index contributed by atoms with van der Waals surface area (Å²) in [4.78, 5) is 21.4. The van der Waals surface area contributed by atoms with Gasteiger partial charge in [0.05, 0.1) is 12.7 Å². The number of hydrogen-bond acceptors (Lipinski definition) is 4. The Hall–Kier alpha value is -2.04. The van der Waals surface area contributed by atoms with Crippen LogP contribution in [-0.4, -0.2) is 30.8 Å². The third-order valence-corrected chi connectivity index (χ3v) is 1.65. The number of methoxy groups -OCH3 is 1. The fraction of sp³-hybridized carbons (Fsp3) is 0.200. The van der Waals surface area contributed by atoms with Crippen molar-refractivity contribution >= 4 is 11.9 Å². The summed E-state index contributed by atoms with van der Waals surface area (Å²) in [7, 11) is 1.51. The summed E-state index contributed by atoms with van der Waals surface area (Å²) < 4.78 is 9.38. The largest absolute Gasteiger partial charge is 0.497 e. The van der Waals surface area contributed by atoms with Gasteiger partial charge in [-0.05, 0) is 24.3 Å². The van der Waals surface area contributed by atoms with Crippen LogP contribution in [0.1, 0.15) is 10.4 Å². The number of benzene rings is 1. The first kappa shape index (κ1) is 11.0. The molecule has 0 bridgehead atoms. The molecular formula is C10H10O5. The van der Waals surface area contributed by atoms with Gasteiger partial charge in [0.15, 0.2) is 6.61 Å². The molecule has 0 aromatic heterocycles. The SMILES string of the molecule is COc1ccc(C(=O)OCC(=O)O)cc1. The first-order valence-electron chi connectivity index (χ1n) is 4.16. The lowest BCUT2D eigenvalue weighted by molar-refractivity contribution is -0.140. The van der Waals surface area contributed by atoms with Crippen LogP contribution in [0.2, 0.25) is 0 Å². The highest BCUT2D eigenvalue weighted by Gasteiger charge is 2.08. The van der Waals surface area contributed by atoms with Crippen molar-refractivity contribution < 1.29 is 24.2 Å². The van der Waals surface area contributed by atoms with Crippen LogP contribution in [0.5, 0.6) is 5.75 Å². The number of hydrogen-bond donors (Lipinski definition) is 1. The van der Waals surface area contributed by atoms with E-state index in [9.17, 15) is 9.59 Å². The van der Waals surface area contributed by atoms with Crippen molar-refractivity contribution in [2.45, 2.75) is 0 Å². The van der Waals surface area contributed by atoms with Crippen molar-refractivity contribution in [1.29, 1.82) is 0 Å². The predicted octanol–water partition coefficient (Wildman–Crippen LogP) is 0.937. The minimum absolute atomic E-state index is 0.289.